The minimum absolute atomic E-state index is 0.0911. The molecular formula is C16H25N3O3. The second-order valence-electron chi connectivity index (χ2n) is 5.56. The van der Waals surface area contributed by atoms with Crippen molar-refractivity contribution in [3.63, 3.8) is 0 Å². The summed E-state index contributed by atoms with van der Waals surface area (Å²) in [5.41, 5.74) is 0.560. The molecule has 0 heterocycles. The third-order valence-corrected chi connectivity index (χ3v) is 2.76. The van der Waals surface area contributed by atoms with Crippen LogP contribution in [0.15, 0.2) is 24.3 Å². The van der Waals surface area contributed by atoms with Crippen molar-refractivity contribution >= 4 is 17.5 Å². The zero-order chi connectivity index (χ0) is 16.5. The number of hydrogen-bond acceptors (Lipinski definition) is 4. The molecule has 0 fully saturated rings. The molecule has 0 radical (unpaired) electrons. The van der Waals surface area contributed by atoms with Crippen LogP contribution in [0.2, 0.25) is 0 Å². The fourth-order valence-corrected chi connectivity index (χ4v) is 1.75. The summed E-state index contributed by atoms with van der Waals surface area (Å²) in [6, 6.07) is 6.92. The normalized spacial score (nSPS) is 10.6. The van der Waals surface area contributed by atoms with Crippen molar-refractivity contribution in [2.45, 2.75) is 26.4 Å². The summed E-state index contributed by atoms with van der Waals surface area (Å²) in [7, 11) is 3.92. The van der Waals surface area contributed by atoms with Crippen LogP contribution >= 0.6 is 0 Å². The lowest BCUT2D eigenvalue weighted by Crippen LogP contribution is -2.36. The molecule has 0 unspecified atom stereocenters. The van der Waals surface area contributed by atoms with Crippen LogP contribution in [0.5, 0.6) is 5.75 Å². The summed E-state index contributed by atoms with van der Waals surface area (Å²) in [6.45, 7) is 5.22. The van der Waals surface area contributed by atoms with Crippen LogP contribution < -0.4 is 15.4 Å². The number of nitrogens with one attached hydrogen (secondary N) is 2. The number of anilines is 1. The largest absolute Gasteiger partial charge is 0.491 e. The van der Waals surface area contributed by atoms with Gasteiger partial charge in [-0.1, -0.05) is 0 Å². The lowest BCUT2D eigenvalue weighted by molar-refractivity contribution is -0.136. The standard InChI is InChI=1S/C16H25N3O3/c1-12(2)22-14-8-6-13(7-9-14)18-16(21)15(20)17-10-5-11-19(3)4/h6-9,12H,5,10-11H2,1-4H3,(H,17,20)(H,18,21). The first kappa shape index (κ1) is 18.0. The van der Waals surface area contributed by atoms with Gasteiger partial charge in [0, 0.05) is 12.2 Å². The molecule has 0 atom stereocenters. The molecule has 6 heteroatoms. The van der Waals surface area contributed by atoms with Gasteiger partial charge in [-0.05, 0) is 65.2 Å². The molecule has 0 aliphatic heterocycles. The van der Waals surface area contributed by atoms with Crippen molar-refractivity contribution < 1.29 is 14.3 Å². The van der Waals surface area contributed by atoms with Gasteiger partial charge in [0.2, 0.25) is 0 Å². The van der Waals surface area contributed by atoms with Gasteiger partial charge in [0.1, 0.15) is 5.75 Å². The second kappa shape index (κ2) is 9.04. The first-order valence-corrected chi connectivity index (χ1v) is 7.39. The Morgan fingerprint density at radius 3 is 2.32 bits per heavy atom. The van der Waals surface area contributed by atoms with Crippen molar-refractivity contribution in [3.05, 3.63) is 24.3 Å². The Labute approximate surface area is 131 Å². The number of rotatable bonds is 7. The number of carbonyl (C=O) groups is 2. The maximum Gasteiger partial charge on any atom is 0.313 e. The molecule has 1 aromatic rings. The molecule has 0 saturated carbocycles. The first-order chi connectivity index (χ1) is 10.4. The van der Waals surface area contributed by atoms with Gasteiger partial charge >= 0.3 is 11.8 Å². The number of carbonyl (C=O) groups excluding carboxylic acids is 2. The van der Waals surface area contributed by atoms with Crippen molar-refractivity contribution in [1.29, 1.82) is 0 Å². The van der Waals surface area contributed by atoms with Crippen LogP contribution in [0.1, 0.15) is 20.3 Å². The van der Waals surface area contributed by atoms with E-state index in [9.17, 15) is 9.59 Å². The van der Waals surface area contributed by atoms with Gasteiger partial charge in [-0.15, -0.1) is 0 Å². The molecule has 0 spiro atoms. The van der Waals surface area contributed by atoms with Gasteiger partial charge in [0.15, 0.2) is 0 Å². The van der Waals surface area contributed by atoms with E-state index < -0.39 is 11.8 Å². The lowest BCUT2D eigenvalue weighted by atomic mass is 10.3. The zero-order valence-corrected chi connectivity index (χ0v) is 13.7. The Morgan fingerprint density at radius 2 is 1.77 bits per heavy atom. The number of benzene rings is 1. The molecule has 1 aromatic carbocycles. The Kier molecular flexibility index (Phi) is 7.39. The Balaban J connectivity index is 2.38. The minimum atomic E-state index is -0.664. The number of nitrogens with zero attached hydrogens (tertiary/aromatic N) is 1. The average Bonchev–Trinajstić information content (AvgIpc) is 2.44. The van der Waals surface area contributed by atoms with Crippen LogP contribution in [0.25, 0.3) is 0 Å². The summed E-state index contributed by atoms with van der Waals surface area (Å²) < 4.78 is 5.51. The van der Waals surface area contributed by atoms with Crippen molar-refractivity contribution in [3.8, 4) is 5.75 Å². The number of hydrogen-bond donors (Lipinski definition) is 2. The maximum absolute atomic E-state index is 11.7. The molecule has 2 N–H and O–H groups in total. The molecule has 2 amide bonds. The maximum atomic E-state index is 11.7. The SMILES string of the molecule is CC(C)Oc1ccc(NC(=O)C(=O)NCCCN(C)C)cc1. The molecule has 1 rings (SSSR count). The second-order valence-corrected chi connectivity index (χ2v) is 5.56. The molecule has 122 valence electrons. The van der Waals surface area contributed by atoms with Gasteiger partial charge in [-0.25, -0.2) is 0 Å². The molecule has 0 aromatic heterocycles. The summed E-state index contributed by atoms with van der Waals surface area (Å²) >= 11 is 0. The smallest absolute Gasteiger partial charge is 0.313 e. The Bertz CT molecular complexity index is 484. The highest BCUT2D eigenvalue weighted by Crippen LogP contribution is 2.16. The topological polar surface area (TPSA) is 70.7 Å². The van der Waals surface area contributed by atoms with E-state index >= 15 is 0 Å². The Hall–Kier alpha value is -2.08. The summed E-state index contributed by atoms with van der Waals surface area (Å²) in [5, 5.41) is 5.15. The number of amides is 2. The van der Waals surface area contributed by atoms with Crippen LogP contribution in [0.3, 0.4) is 0 Å². The lowest BCUT2D eigenvalue weighted by Gasteiger charge is -2.11. The molecule has 0 aliphatic rings. The van der Waals surface area contributed by atoms with Crippen LogP contribution in [0.4, 0.5) is 5.69 Å². The van der Waals surface area contributed by atoms with Crippen LogP contribution in [-0.4, -0.2) is 50.0 Å². The highest BCUT2D eigenvalue weighted by Gasteiger charge is 2.13. The van der Waals surface area contributed by atoms with Crippen molar-refractivity contribution in [2.24, 2.45) is 0 Å². The van der Waals surface area contributed by atoms with Crippen molar-refractivity contribution in [2.75, 3.05) is 32.5 Å². The molecule has 6 nitrogen and oxygen atoms in total. The summed E-state index contributed by atoms with van der Waals surface area (Å²) in [5.74, 6) is -0.565. The van der Waals surface area contributed by atoms with Gasteiger partial charge in [0.05, 0.1) is 6.10 Å². The third-order valence-electron chi connectivity index (χ3n) is 2.76. The highest BCUT2D eigenvalue weighted by molar-refractivity contribution is 6.39. The fourth-order valence-electron chi connectivity index (χ4n) is 1.75. The molecule has 0 saturated heterocycles. The van der Waals surface area contributed by atoms with Gasteiger partial charge in [-0.3, -0.25) is 9.59 Å². The summed E-state index contributed by atoms with van der Waals surface area (Å²) in [4.78, 5) is 25.4. The van der Waals surface area contributed by atoms with E-state index in [2.05, 4.69) is 10.6 Å². The van der Waals surface area contributed by atoms with Gasteiger partial charge in [0.25, 0.3) is 0 Å². The van der Waals surface area contributed by atoms with E-state index in [0.29, 0.717) is 12.2 Å². The van der Waals surface area contributed by atoms with Gasteiger partial charge in [-0.2, -0.15) is 0 Å². The summed E-state index contributed by atoms with van der Waals surface area (Å²) in [6.07, 6.45) is 0.890. The monoisotopic (exact) mass is 307 g/mol. The molecule has 0 aliphatic carbocycles. The Morgan fingerprint density at radius 1 is 1.14 bits per heavy atom. The van der Waals surface area contributed by atoms with E-state index in [-0.39, 0.29) is 6.10 Å². The highest BCUT2D eigenvalue weighted by atomic mass is 16.5. The van der Waals surface area contributed by atoms with E-state index in [0.717, 1.165) is 18.7 Å². The molecule has 0 bridgehead atoms. The van der Waals surface area contributed by atoms with Gasteiger partial charge < -0.3 is 20.3 Å². The van der Waals surface area contributed by atoms with Crippen molar-refractivity contribution in [1.82, 2.24) is 10.2 Å². The zero-order valence-electron chi connectivity index (χ0n) is 13.7. The fraction of sp³-hybridized carbons (Fsp3) is 0.500. The van der Waals surface area contributed by atoms with E-state index in [1.807, 2.05) is 32.8 Å². The van der Waals surface area contributed by atoms with Crippen LogP contribution in [-0.2, 0) is 9.59 Å². The third kappa shape index (κ3) is 7.08. The minimum Gasteiger partial charge on any atom is -0.491 e. The van der Waals surface area contributed by atoms with E-state index in [4.69, 9.17) is 4.74 Å². The first-order valence-electron chi connectivity index (χ1n) is 7.39. The molecule has 22 heavy (non-hydrogen) atoms. The quantitative estimate of drug-likeness (QED) is 0.591. The number of ether oxygens (including phenoxy) is 1. The average molecular weight is 307 g/mol. The van der Waals surface area contributed by atoms with E-state index in [1.54, 1.807) is 24.3 Å². The van der Waals surface area contributed by atoms with E-state index in [1.165, 1.54) is 0 Å². The van der Waals surface area contributed by atoms with Crippen LogP contribution in [0, 0.1) is 0 Å². The predicted molar refractivity (Wildman–Crippen MR) is 87.0 cm³/mol. The molecular weight excluding hydrogens is 282 g/mol. The predicted octanol–water partition coefficient (Wildman–Crippen LogP) is 1.48.